The number of nitrogen functional groups attached to an aromatic ring is 1. The number of aromatic nitrogens is 2. The molecule has 1 aliphatic heterocycles. The van der Waals surface area contributed by atoms with Crippen molar-refractivity contribution in [2.45, 2.75) is 25.7 Å². The monoisotopic (exact) mass is 675 g/mol. The summed E-state index contributed by atoms with van der Waals surface area (Å²) in [6, 6.07) is 10.4. The topological polar surface area (TPSA) is 158 Å². The molecule has 16 heteroatoms. The summed E-state index contributed by atoms with van der Waals surface area (Å²) < 4.78 is 60.9. The molecule has 1 aliphatic rings. The molecule has 1 fully saturated rings. The normalized spacial score (nSPS) is 13.7. The van der Waals surface area contributed by atoms with Crippen molar-refractivity contribution in [3.8, 4) is 5.82 Å². The van der Waals surface area contributed by atoms with Crippen LogP contribution in [0.25, 0.3) is 16.7 Å². The van der Waals surface area contributed by atoms with Gasteiger partial charge < -0.3 is 35.3 Å². The number of fused-ring (bicyclic) bond motifs is 1. The first kappa shape index (κ1) is 33.5. The number of aliphatic hydroxyl groups excluding tert-OH is 1. The lowest BCUT2D eigenvalue weighted by molar-refractivity contribution is -0.0733. The largest absolute Gasteiger partial charge is 0.462 e. The highest BCUT2D eigenvalue weighted by molar-refractivity contribution is 6.38. The van der Waals surface area contributed by atoms with Crippen molar-refractivity contribution in [1.29, 1.82) is 0 Å². The zero-order valence-corrected chi connectivity index (χ0v) is 25.6. The van der Waals surface area contributed by atoms with Crippen molar-refractivity contribution in [2.24, 2.45) is 0 Å². The lowest BCUT2D eigenvalue weighted by atomic mass is 10.1. The van der Waals surface area contributed by atoms with Crippen molar-refractivity contribution in [3.63, 3.8) is 0 Å². The Hall–Kier alpha value is -4.86. The molecule has 2 aromatic carbocycles. The number of nitrogens with one attached hydrogen (secondary N) is 1. The third-order valence-electron chi connectivity index (χ3n) is 7.19. The summed E-state index contributed by atoms with van der Waals surface area (Å²) in [5.41, 5.74) is 4.18. The average molecular weight is 676 g/mol. The predicted molar refractivity (Wildman–Crippen MR) is 165 cm³/mol. The summed E-state index contributed by atoms with van der Waals surface area (Å²) in [6.07, 6.45) is -1.14. The number of nitrogens with zero attached hydrogens (tertiary/aromatic N) is 3. The second-order valence-electron chi connectivity index (χ2n) is 10.5. The number of carbonyl (C=O) groups excluding carboxylic acids is 2. The van der Waals surface area contributed by atoms with Crippen molar-refractivity contribution in [1.82, 2.24) is 14.5 Å². The second-order valence-corrected chi connectivity index (χ2v) is 10.9. The molecule has 2 aromatic heterocycles. The molecular weight excluding hydrogens is 647 g/mol. The van der Waals surface area contributed by atoms with Gasteiger partial charge in [-0.1, -0.05) is 41.9 Å². The summed E-state index contributed by atoms with van der Waals surface area (Å²) in [4.78, 5) is 43.1. The molecule has 1 saturated heterocycles. The Morgan fingerprint density at radius 1 is 1.13 bits per heavy atom. The quantitative estimate of drug-likeness (QED) is 0.198. The van der Waals surface area contributed by atoms with Gasteiger partial charge in [-0.25, -0.2) is 27.7 Å². The minimum Gasteiger partial charge on any atom is -0.462 e. The first-order chi connectivity index (χ1) is 22.5. The molecule has 1 unspecified atom stereocenters. The molecule has 1 atom stereocenters. The van der Waals surface area contributed by atoms with Gasteiger partial charge in [0.15, 0.2) is 23.3 Å². The van der Waals surface area contributed by atoms with Crippen LogP contribution in [0.2, 0.25) is 5.02 Å². The molecule has 47 heavy (non-hydrogen) atoms. The molecule has 0 saturated carbocycles. The Kier molecular flexibility index (Phi) is 10.2. The molecule has 0 spiro atoms. The van der Waals surface area contributed by atoms with Gasteiger partial charge in [0.25, 0.3) is 0 Å². The molecule has 4 aromatic rings. The Bertz CT molecular complexity index is 1870. The molecule has 0 radical (unpaired) electrons. The van der Waals surface area contributed by atoms with E-state index in [0.29, 0.717) is 6.07 Å². The van der Waals surface area contributed by atoms with E-state index in [0.717, 1.165) is 22.4 Å². The Labute approximate surface area is 270 Å². The van der Waals surface area contributed by atoms with E-state index in [-0.39, 0.29) is 56.8 Å². The van der Waals surface area contributed by atoms with Crippen molar-refractivity contribution in [3.05, 3.63) is 92.5 Å². The number of ether oxygens (including phenoxy) is 3. The molecule has 4 N–H and O–H groups in total. The van der Waals surface area contributed by atoms with Gasteiger partial charge in [0.2, 0.25) is 5.43 Å². The van der Waals surface area contributed by atoms with E-state index in [1.807, 2.05) is 30.3 Å². The number of pyridine rings is 2. The molecule has 3 heterocycles. The minimum absolute atomic E-state index is 0.100. The number of halogens is 4. The van der Waals surface area contributed by atoms with Gasteiger partial charge in [0.05, 0.1) is 60.1 Å². The van der Waals surface area contributed by atoms with E-state index >= 15 is 4.39 Å². The number of likely N-dealkylation sites (tertiary alicyclic amines) is 1. The molecule has 0 aliphatic carbocycles. The van der Waals surface area contributed by atoms with Crippen LogP contribution in [-0.2, 0) is 20.8 Å². The van der Waals surface area contributed by atoms with Crippen LogP contribution in [0.4, 0.5) is 29.5 Å². The van der Waals surface area contributed by atoms with E-state index in [1.165, 1.54) is 11.8 Å². The van der Waals surface area contributed by atoms with Crippen LogP contribution >= 0.6 is 11.6 Å². The zero-order chi connectivity index (χ0) is 33.8. The first-order valence-corrected chi connectivity index (χ1v) is 14.7. The van der Waals surface area contributed by atoms with Crippen LogP contribution in [0.1, 0.15) is 22.8 Å². The summed E-state index contributed by atoms with van der Waals surface area (Å²) in [5.74, 6) is -5.82. The van der Waals surface area contributed by atoms with Gasteiger partial charge >= 0.3 is 12.1 Å². The van der Waals surface area contributed by atoms with Gasteiger partial charge in [-0.15, -0.1) is 0 Å². The molecule has 248 valence electrons. The molecule has 0 bridgehead atoms. The number of rotatable bonds is 11. The number of anilines is 2. The highest BCUT2D eigenvalue weighted by Crippen LogP contribution is 2.35. The number of hydrogen-bond donors (Lipinski definition) is 3. The lowest BCUT2D eigenvalue weighted by Crippen LogP contribution is -2.55. The minimum atomic E-state index is -1.22. The van der Waals surface area contributed by atoms with Crippen molar-refractivity contribution < 1.29 is 42.1 Å². The van der Waals surface area contributed by atoms with Crippen molar-refractivity contribution >= 4 is 46.1 Å². The zero-order valence-electron chi connectivity index (χ0n) is 24.8. The smallest absolute Gasteiger partial charge is 0.410 e. The highest BCUT2D eigenvalue weighted by Gasteiger charge is 2.33. The Morgan fingerprint density at radius 2 is 1.85 bits per heavy atom. The van der Waals surface area contributed by atoms with Crippen LogP contribution in [0.3, 0.4) is 0 Å². The summed E-state index contributed by atoms with van der Waals surface area (Å²) in [5, 5.41) is 12.3. The van der Waals surface area contributed by atoms with Gasteiger partial charge in [-0.3, -0.25) is 9.36 Å². The van der Waals surface area contributed by atoms with E-state index in [4.69, 9.17) is 31.5 Å². The number of carbonyl (C=O) groups is 2. The Balaban J connectivity index is 1.29. The van der Waals surface area contributed by atoms with E-state index in [1.54, 1.807) is 0 Å². The number of aliphatic hydroxyl groups is 1. The number of hydrogen-bond acceptors (Lipinski definition) is 10. The van der Waals surface area contributed by atoms with Crippen LogP contribution in [0.5, 0.6) is 0 Å². The summed E-state index contributed by atoms with van der Waals surface area (Å²) in [6.45, 7) is 1.57. The fraction of sp³-hybridized carbons (Fsp3) is 0.290. The molecule has 1 amide bonds. The van der Waals surface area contributed by atoms with E-state index < -0.39 is 68.7 Å². The third-order valence-corrected chi connectivity index (χ3v) is 7.56. The van der Waals surface area contributed by atoms with Gasteiger partial charge in [0, 0.05) is 18.8 Å². The predicted octanol–water partition coefficient (Wildman–Crippen LogP) is 4.03. The molecule has 5 rings (SSSR count). The van der Waals surface area contributed by atoms with E-state index in [9.17, 15) is 28.3 Å². The number of nitrogens with two attached hydrogens (primary N) is 1. The van der Waals surface area contributed by atoms with Gasteiger partial charge in [0.1, 0.15) is 18.0 Å². The van der Waals surface area contributed by atoms with Crippen molar-refractivity contribution in [2.75, 3.05) is 43.9 Å². The van der Waals surface area contributed by atoms with Gasteiger partial charge in [-0.2, -0.15) is 0 Å². The summed E-state index contributed by atoms with van der Waals surface area (Å²) in [7, 11) is 0. The summed E-state index contributed by atoms with van der Waals surface area (Å²) >= 11 is 6.55. The van der Waals surface area contributed by atoms with E-state index in [2.05, 4.69) is 10.3 Å². The fourth-order valence-corrected chi connectivity index (χ4v) is 5.12. The third kappa shape index (κ3) is 7.26. The van der Waals surface area contributed by atoms with Crippen LogP contribution < -0.4 is 16.5 Å². The maximum atomic E-state index is 15.4. The van der Waals surface area contributed by atoms with Gasteiger partial charge in [-0.05, 0) is 18.6 Å². The average Bonchev–Trinajstić information content (AvgIpc) is 3.02. The number of benzene rings is 2. The number of esters is 1. The maximum Gasteiger partial charge on any atom is 0.410 e. The molecular formula is C31H29ClF3N5O7. The van der Waals surface area contributed by atoms with Crippen LogP contribution in [-0.4, -0.2) is 76.7 Å². The van der Waals surface area contributed by atoms with Crippen LogP contribution in [0.15, 0.2) is 53.5 Å². The lowest BCUT2D eigenvalue weighted by Gasteiger charge is -2.38. The maximum absolute atomic E-state index is 15.4. The second kappa shape index (κ2) is 14.3. The number of amides is 1. The SMILES string of the molecule is CCOC(=O)c1cn(-c2nc(N)c(F)cc2F)c2c(Cl)c(NCC(O)COC3CN(C(=O)OCc4ccccc4)C3)c(F)cc2c1=O. The van der Waals surface area contributed by atoms with Crippen LogP contribution in [0, 0.1) is 17.5 Å². The Morgan fingerprint density at radius 3 is 2.55 bits per heavy atom. The fourth-order valence-electron chi connectivity index (χ4n) is 4.77. The standard InChI is InChI=1S/C31H29ClF3N5O7/c1-2-45-30(43)20-13-40(29-23(35)9-22(34)28(36)38-29)26-19(27(20)42)8-21(33)25(24(26)32)37-10-17(41)15-46-18-11-39(12-18)31(44)47-14-16-6-4-3-5-7-16/h3-9,13,17-18,37,41H,2,10-12,14-15H2,1H3,(H2,36,38). The first-order valence-electron chi connectivity index (χ1n) is 14.3. The molecule has 12 nitrogen and oxygen atoms in total. The highest BCUT2D eigenvalue weighted by atomic mass is 35.5.